The predicted molar refractivity (Wildman–Crippen MR) is 94.4 cm³/mol. The van der Waals surface area contributed by atoms with Crippen molar-refractivity contribution in [3.05, 3.63) is 65.7 Å². The van der Waals surface area contributed by atoms with E-state index >= 15 is 0 Å². The Labute approximate surface area is 138 Å². The summed E-state index contributed by atoms with van der Waals surface area (Å²) in [5.74, 6) is 0.376. The average Bonchev–Trinajstić information content (AvgIpc) is 2.48. The van der Waals surface area contributed by atoms with Gasteiger partial charge in [-0.2, -0.15) is 0 Å². The van der Waals surface area contributed by atoms with Gasteiger partial charge in [-0.1, -0.05) is 56.3 Å². The van der Waals surface area contributed by atoms with Gasteiger partial charge in [0.15, 0.2) is 0 Å². The molecule has 2 aromatic carbocycles. The number of hydrogen-bond acceptors (Lipinski definition) is 2. The Bertz CT molecular complexity index is 599. The number of rotatable bonds is 5. The monoisotopic (exact) mass is 318 g/mol. The van der Waals surface area contributed by atoms with Crippen LogP contribution in [0.2, 0.25) is 0 Å². The minimum atomic E-state index is -0.278. The number of benzene rings is 2. The molecule has 0 saturated heterocycles. The van der Waals surface area contributed by atoms with E-state index in [2.05, 4.69) is 25.2 Å². The second-order valence-corrected chi connectivity index (χ2v) is 5.55. The fourth-order valence-electron chi connectivity index (χ4n) is 2.21. The van der Waals surface area contributed by atoms with Gasteiger partial charge < -0.3 is 11.1 Å². The molecule has 0 aliphatic rings. The van der Waals surface area contributed by atoms with E-state index in [9.17, 15) is 4.79 Å². The van der Waals surface area contributed by atoms with Crippen molar-refractivity contribution in [1.82, 2.24) is 0 Å². The molecule has 4 heteroatoms. The first kappa shape index (κ1) is 18.2. The smallest absolute Gasteiger partial charge is 0.226 e. The van der Waals surface area contributed by atoms with Crippen molar-refractivity contribution in [2.45, 2.75) is 32.2 Å². The molecule has 0 bridgehead atoms. The van der Waals surface area contributed by atoms with Gasteiger partial charge in [0, 0.05) is 18.2 Å². The Hall–Kier alpha value is -1.84. The Morgan fingerprint density at radius 1 is 1.05 bits per heavy atom. The van der Waals surface area contributed by atoms with E-state index < -0.39 is 0 Å². The number of carbonyl (C=O) groups excluding carboxylic acids is 1. The van der Waals surface area contributed by atoms with E-state index in [4.69, 9.17) is 5.73 Å². The number of anilines is 1. The summed E-state index contributed by atoms with van der Waals surface area (Å²) >= 11 is 0. The number of amides is 1. The lowest BCUT2D eigenvalue weighted by Crippen LogP contribution is -2.20. The van der Waals surface area contributed by atoms with Gasteiger partial charge in [-0.15, -0.1) is 12.4 Å². The molecule has 0 spiro atoms. The number of nitrogens with one attached hydrogen (secondary N) is 1. The van der Waals surface area contributed by atoms with Gasteiger partial charge in [0.2, 0.25) is 5.91 Å². The quantitative estimate of drug-likeness (QED) is 0.865. The highest BCUT2D eigenvalue weighted by Gasteiger charge is 2.12. The normalized spacial score (nSPS) is 11.6. The second kappa shape index (κ2) is 8.57. The summed E-state index contributed by atoms with van der Waals surface area (Å²) in [6.45, 7) is 4.26. The second-order valence-electron chi connectivity index (χ2n) is 5.55. The molecule has 1 unspecified atom stereocenters. The molecule has 0 aliphatic heterocycles. The third-order valence-corrected chi connectivity index (χ3v) is 3.47. The van der Waals surface area contributed by atoms with Gasteiger partial charge in [0.05, 0.1) is 0 Å². The first-order valence-electron chi connectivity index (χ1n) is 7.26. The van der Waals surface area contributed by atoms with Gasteiger partial charge in [0.25, 0.3) is 0 Å². The zero-order chi connectivity index (χ0) is 15.2. The molecular weight excluding hydrogens is 296 g/mol. The number of carbonyl (C=O) groups is 1. The van der Waals surface area contributed by atoms with Crippen LogP contribution in [0.25, 0.3) is 0 Å². The highest BCUT2D eigenvalue weighted by molar-refractivity contribution is 5.91. The molecule has 3 nitrogen and oxygen atoms in total. The van der Waals surface area contributed by atoms with Crippen molar-refractivity contribution < 1.29 is 4.79 Å². The van der Waals surface area contributed by atoms with Crippen molar-refractivity contribution in [3.8, 4) is 0 Å². The van der Waals surface area contributed by atoms with Crippen LogP contribution in [0.15, 0.2) is 54.6 Å². The van der Waals surface area contributed by atoms with Crippen LogP contribution >= 0.6 is 12.4 Å². The molecule has 22 heavy (non-hydrogen) atoms. The lowest BCUT2D eigenvalue weighted by molar-refractivity contribution is -0.116. The zero-order valence-corrected chi connectivity index (χ0v) is 13.8. The van der Waals surface area contributed by atoms with Crippen molar-refractivity contribution in [2.24, 2.45) is 5.73 Å². The van der Waals surface area contributed by atoms with Crippen LogP contribution in [-0.4, -0.2) is 5.91 Å². The van der Waals surface area contributed by atoms with Crippen LogP contribution in [0.4, 0.5) is 5.69 Å². The Balaban J connectivity index is 0.00000242. The molecule has 0 saturated carbocycles. The first-order valence-corrected chi connectivity index (χ1v) is 7.26. The molecule has 2 aromatic rings. The van der Waals surface area contributed by atoms with Crippen LogP contribution in [0.1, 0.15) is 43.4 Å². The third kappa shape index (κ3) is 5.17. The zero-order valence-electron chi connectivity index (χ0n) is 13.0. The summed E-state index contributed by atoms with van der Waals surface area (Å²) in [5, 5.41) is 2.92. The fourth-order valence-corrected chi connectivity index (χ4v) is 2.21. The molecule has 118 valence electrons. The molecule has 0 heterocycles. The Kier molecular flexibility index (Phi) is 7.09. The first-order chi connectivity index (χ1) is 10.1. The van der Waals surface area contributed by atoms with Gasteiger partial charge >= 0.3 is 0 Å². The van der Waals surface area contributed by atoms with Gasteiger partial charge in [-0.25, -0.2) is 0 Å². The number of nitrogens with two attached hydrogens (primary N) is 1. The van der Waals surface area contributed by atoms with E-state index in [1.54, 1.807) is 0 Å². The lowest BCUT2D eigenvalue weighted by Gasteiger charge is -2.13. The summed E-state index contributed by atoms with van der Waals surface area (Å²) in [5.41, 5.74) is 9.08. The van der Waals surface area contributed by atoms with Crippen LogP contribution in [0.3, 0.4) is 0 Å². The molecule has 0 aliphatic carbocycles. The highest BCUT2D eigenvalue weighted by atomic mass is 35.5. The van der Waals surface area contributed by atoms with Crippen molar-refractivity contribution >= 4 is 24.0 Å². The number of hydrogen-bond donors (Lipinski definition) is 2. The molecule has 1 atom stereocenters. The molecule has 0 fully saturated rings. The lowest BCUT2D eigenvalue weighted by atomic mass is 10.0. The third-order valence-electron chi connectivity index (χ3n) is 3.47. The largest absolute Gasteiger partial charge is 0.326 e. The highest BCUT2D eigenvalue weighted by Crippen LogP contribution is 2.19. The van der Waals surface area contributed by atoms with E-state index in [1.807, 2.05) is 48.5 Å². The van der Waals surface area contributed by atoms with E-state index in [0.717, 1.165) is 11.3 Å². The molecule has 0 aromatic heterocycles. The SMILES string of the molecule is CC(C)c1cccc(NC(=O)CC(N)c2ccccc2)c1.Cl. The van der Waals surface area contributed by atoms with Crippen LogP contribution in [0.5, 0.6) is 0 Å². The van der Waals surface area contributed by atoms with Crippen LogP contribution < -0.4 is 11.1 Å². The summed E-state index contributed by atoms with van der Waals surface area (Å²) in [7, 11) is 0. The maximum absolute atomic E-state index is 12.1. The maximum atomic E-state index is 12.1. The summed E-state index contributed by atoms with van der Waals surface area (Å²) in [6, 6.07) is 17.3. The summed E-state index contributed by atoms with van der Waals surface area (Å²) in [4.78, 5) is 12.1. The maximum Gasteiger partial charge on any atom is 0.226 e. The topological polar surface area (TPSA) is 55.1 Å². The summed E-state index contributed by atoms with van der Waals surface area (Å²) < 4.78 is 0. The van der Waals surface area contributed by atoms with Crippen molar-refractivity contribution in [1.29, 1.82) is 0 Å². The Morgan fingerprint density at radius 2 is 1.68 bits per heavy atom. The molecule has 2 rings (SSSR count). The van der Waals surface area contributed by atoms with Crippen LogP contribution in [0, 0.1) is 0 Å². The van der Waals surface area contributed by atoms with Crippen molar-refractivity contribution in [2.75, 3.05) is 5.32 Å². The molecule has 3 N–H and O–H groups in total. The van der Waals surface area contributed by atoms with E-state index in [1.165, 1.54) is 5.56 Å². The standard InChI is InChI=1S/C18H22N2O.ClH/c1-13(2)15-9-6-10-16(11-15)20-18(21)12-17(19)14-7-4-3-5-8-14;/h3-11,13,17H,12,19H2,1-2H3,(H,20,21);1H. The van der Waals surface area contributed by atoms with Crippen molar-refractivity contribution in [3.63, 3.8) is 0 Å². The Morgan fingerprint density at radius 3 is 2.32 bits per heavy atom. The van der Waals surface area contributed by atoms with Gasteiger partial charge in [0.1, 0.15) is 0 Å². The minimum absolute atomic E-state index is 0. The summed E-state index contributed by atoms with van der Waals surface area (Å²) in [6.07, 6.45) is 0.274. The van der Waals surface area contributed by atoms with Gasteiger partial charge in [-0.3, -0.25) is 4.79 Å². The molecular formula is C18H23ClN2O. The molecule has 0 radical (unpaired) electrons. The number of halogens is 1. The predicted octanol–water partition coefficient (Wildman–Crippen LogP) is 4.26. The minimum Gasteiger partial charge on any atom is -0.326 e. The molecule has 1 amide bonds. The van der Waals surface area contributed by atoms with E-state index in [-0.39, 0.29) is 30.8 Å². The van der Waals surface area contributed by atoms with Crippen LogP contribution in [-0.2, 0) is 4.79 Å². The van der Waals surface area contributed by atoms with Gasteiger partial charge in [-0.05, 0) is 29.2 Å². The average molecular weight is 319 g/mol. The fraction of sp³-hybridized carbons (Fsp3) is 0.278. The van der Waals surface area contributed by atoms with E-state index in [0.29, 0.717) is 5.92 Å².